The quantitative estimate of drug-likeness (QED) is 0.263. The van der Waals surface area contributed by atoms with Gasteiger partial charge in [-0.15, -0.1) is 13.2 Å². The Hall–Kier alpha value is -2.49. The Morgan fingerprint density at radius 2 is 1.73 bits per heavy atom. The Bertz CT molecular complexity index is 812. The van der Waals surface area contributed by atoms with Crippen LogP contribution in [-0.4, -0.2) is 19.3 Å². The third-order valence-corrected chi connectivity index (χ3v) is 3.96. The maximum absolute atomic E-state index is 10.9. The zero-order valence-electron chi connectivity index (χ0n) is 14.6. The Labute approximate surface area is 158 Å². The number of isocyanates is 1. The molecule has 0 saturated heterocycles. The van der Waals surface area contributed by atoms with Gasteiger partial charge in [-0.25, -0.2) is 4.79 Å². The third-order valence-electron chi connectivity index (χ3n) is 3.71. The smallest absolute Gasteiger partial charge is 0.240 e. The van der Waals surface area contributed by atoms with Gasteiger partial charge in [0, 0.05) is 16.1 Å². The lowest BCUT2D eigenvalue weighted by atomic mass is 9.94. The molecule has 26 heavy (non-hydrogen) atoms. The molecule has 0 N–H and O–H groups in total. The fraction of sp³-hybridized carbons (Fsp3) is 0.190. The predicted octanol–water partition coefficient (Wildman–Crippen LogP) is 5.22. The van der Waals surface area contributed by atoms with Crippen LogP contribution < -0.4 is 0 Å². The molecule has 134 valence electrons. The largest absolute Gasteiger partial charge is 0.338 e. The second-order valence-electron chi connectivity index (χ2n) is 5.55. The lowest BCUT2D eigenvalue weighted by molar-refractivity contribution is -0.204. The van der Waals surface area contributed by atoms with Crippen LogP contribution >= 0.6 is 11.6 Å². The van der Waals surface area contributed by atoms with Crippen molar-refractivity contribution in [1.29, 1.82) is 0 Å². The van der Waals surface area contributed by atoms with Crippen LogP contribution in [-0.2, 0) is 20.1 Å². The fourth-order valence-electron chi connectivity index (χ4n) is 2.60. The molecule has 0 heterocycles. The molecule has 0 aromatic heterocycles. The number of benzene rings is 2. The molecule has 0 saturated carbocycles. The van der Waals surface area contributed by atoms with Crippen LogP contribution in [0.15, 0.2) is 72.8 Å². The molecule has 0 fully saturated rings. The van der Waals surface area contributed by atoms with Gasteiger partial charge in [-0.3, -0.25) is 0 Å². The third kappa shape index (κ3) is 4.37. The van der Waals surface area contributed by atoms with Crippen molar-refractivity contribution in [2.24, 2.45) is 4.99 Å². The Morgan fingerprint density at radius 3 is 2.27 bits per heavy atom. The van der Waals surface area contributed by atoms with E-state index in [-0.39, 0.29) is 13.2 Å². The van der Waals surface area contributed by atoms with E-state index in [0.717, 1.165) is 5.56 Å². The van der Waals surface area contributed by atoms with Crippen molar-refractivity contribution in [3.05, 3.63) is 89.5 Å². The van der Waals surface area contributed by atoms with Gasteiger partial charge in [-0.2, -0.15) is 4.99 Å². The highest BCUT2D eigenvalue weighted by molar-refractivity contribution is 6.30. The van der Waals surface area contributed by atoms with E-state index in [1.165, 1.54) is 0 Å². The van der Waals surface area contributed by atoms with E-state index in [4.69, 9.17) is 21.1 Å². The number of hydrogen-bond donors (Lipinski definition) is 0. The van der Waals surface area contributed by atoms with Crippen LogP contribution in [0, 0.1) is 6.92 Å². The fourth-order valence-corrected chi connectivity index (χ4v) is 2.73. The van der Waals surface area contributed by atoms with Gasteiger partial charge >= 0.3 is 0 Å². The first-order valence-electron chi connectivity index (χ1n) is 8.02. The van der Waals surface area contributed by atoms with Crippen LogP contribution in [0.1, 0.15) is 16.7 Å². The molecule has 2 rings (SSSR count). The number of halogens is 1. The number of carbonyl (C=O) groups excluding carboxylic acids is 1. The maximum Gasteiger partial charge on any atom is 0.240 e. The molecule has 0 spiro atoms. The molecule has 0 radical (unpaired) electrons. The van der Waals surface area contributed by atoms with Gasteiger partial charge in [0.1, 0.15) is 0 Å². The molecule has 0 amide bonds. The molecule has 2 aromatic carbocycles. The van der Waals surface area contributed by atoms with E-state index in [9.17, 15) is 4.79 Å². The van der Waals surface area contributed by atoms with Crippen molar-refractivity contribution in [1.82, 2.24) is 0 Å². The lowest BCUT2D eigenvalue weighted by Gasteiger charge is -2.35. The van der Waals surface area contributed by atoms with Crippen molar-refractivity contribution in [2.45, 2.75) is 12.7 Å². The lowest BCUT2D eigenvalue weighted by Crippen LogP contribution is -2.35. The minimum Gasteiger partial charge on any atom is -0.338 e. The van der Waals surface area contributed by atoms with Crippen molar-refractivity contribution in [3.8, 4) is 0 Å². The molecular weight excluding hydrogens is 350 g/mol. The summed E-state index contributed by atoms with van der Waals surface area (Å²) in [6.07, 6.45) is 4.84. The first-order chi connectivity index (χ1) is 12.6. The molecule has 0 unspecified atom stereocenters. The normalized spacial score (nSPS) is 10.8. The monoisotopic (exact) mass is 369 g/mol. The number of rotatable bonds is 9. The van der Waals surface area contributed by atoms with Crippen molar-refractivity contribution < 1.29 is 14.3 Å². The second kappa shape index (κ2) is 9.27. The number of ether oxygens (including phenoxy) is 2. The minimum atomic E-state index is -1.31. The van der Waals surface area contributed by atoms with Crippen molar-refractivity contribution in [2.75, 3.05) is 13.2 Å². The van der Waals surface area contributed by atoms with E-state index in [0.29, 0.717) is 21.8 Å². The van der Waals surface area contributed by atoms with E-state index in [1.54, 1.807) is 36.4 Å². The van der Waals surface area contributed by atoms with Gasteiger partial charge < -0.3 is 9.47 Å². The Kier molecular flexibility index (Phi) is 7.07. The summed E-state index contributed by atoms with van der Waals surface area (Å²) in [4.78, 5) is 14.8. The van der Waals surface area contributed by atoms with Gasteiger partial charge in [0.25, 0.3) is 0 Å². The molecule has 4 nitrogen and oxygen atoms in total. The van der Waals surface area contributed by atoms with Crippen LogP contribution in [0.5, 0.6) is 0 Å². The zero-order chi connectivity index (χ0) is 19.0. The molecule has 0 bridgehead atoms. The van der Waals surface area contributed by atoms with Gasteiger partial charge in [-0.05, 0) is 31.2 Å². The molecule has 5 heteroatoms. The molecule has 2 aromatic rings. The van der Waals surface area contributed by atoms with Crippen LogP contribution in [0.3, 0.4) is 0 Å². The van der Waals surface area contributed by atoms with E-state index >= 15 is 0 Å². The van der Waals surface area contributed by atoms with Crippen LogP contribution in [0.25, 0.3) is 0 Å². The number of nitrogens with zero attached hydrogens (tertiary/aromatic N) is 1. The molecule has 0 atom stereocenters. The molecule has 0 aliphatic heterocycles. The number of aliphatic imine (C=N–C) groups is 1. The minimum absolute atomic E-state index is 0.220. The summed E-state index contributed by atoms with van der Waals surface area (Å²) >= 11 is 6.04. The highest BCUT2D eigenvalue weighted by Crippen LogP contribution is 2.41. The Morgan fingerprint density at radius 1 is 1.12 bits per heavy atom. The number of aryl methyl sites for hydroxylation is 1. The Balaban J connectivity index is 2.78. The zero-order valence-corrected chi connectivity index (χ0v) is 15.3. The number of hydrogen-bond acceptors (Lipinski definition) is 4. The summed E-state index contributed by atoms with van der Waals surface area (Å²) in [6, 6.07) is 12.6. The van der Waals surface area contributed by atoms with E-state index in [1.807, 2.05) is 31.2 Å². The second-order valence-corrected chi connectivity index (χ2v) is 5.98. The summed E-state index contributed by atoms with van der Waals surface area (Å²) in [6.45, 7) is 9.80. The highest BCUT2D eigenvalue weighted by Gasteiger charge is 2.39. The summed E-state index contributed by atoms with van der Waals surface area (Å²) < 4.78 is 12.2. The molecule has 0 aliphatic rings. The molecular formula is C21H20ClNO3. The summed E-state index contributed by atoms with van der Waals surface area (Å²) in [5.41, 5.74) is 2.67. The highest BCUT2D eigenvalue weighted by atomic mass is 35.5. The van der Waals surface area contributed by atoms with Gasteiger partial charge in [0.05, 0.1) is 18.9 Å². The first-order valence-corrected chi connectivity index (χ1v) is 8.40. The molecule has 0 aliphatic carbocycles. The SMILES string of the molecule is C=CCOC(OCC=C)(c1ccc(Cl)cc1)c1cc(C)ccc1N=C=O. The predicted molar refractivity (Wildman–Crippen MR) is 103 cm³/mol. The topological polar surface area (TPSA) is 47.9 Å². The van der Waals surface area contributed by atoms with Crippen molar-refractivity contribution in [3.63, 3.8) is 0 Å². The van der Waals surface area contributed by atoms with Crippen LogP contribution in [0.4, 0.5) is 5.69 Å². The summed E-state index contributed by atoms with van der Waals surface area (Å²) in [5.74, 6) is -1.31. The van der Waals surface area contributed by atoms with Gasteiger partial charge in [0.2, 0.25) is 11.9 Å². The van der Waals surface area contributed by atoms with E-state index < -0.39 is 5.79 Å². The average Bonchev–Trinajstić information content (AvgIpc) is 2.65. The van der Waals surface area contributed by atoms with Crippen molar-refractivity contribution >= 4 is 23.4 Å². The van der Waals surface area contributed by atoms with Crippen LogP contribution in [0.2, 0.25) is 5.02 Å². The standard InChI is InChI=1S/C21H20ClNO3/c1-4-12-25-21(26-13-5-2,17-7-9-18(22)10-8-17)19-14-16(3)6-11-20(19)23-15-24/h4-11,14H,1-2,12-13H2,3H3. The van der Waals surface area contributed by atoms with Gasteiger partial charge in [0.15, 0.2) is 0 Å². The maximum atomic E-state index is 10.9. The average molecular weight is 370 g/mol. The van der Waals surface area contributed by atoms with Gasteiger partial charge in [-0.1, -0.05) is 47.5 Å². The summed E-state index contributed by atoms with van der Waals surface area (Å²) in [7, 11) is 0. The van der Waals surface area contributed by atoms with E-state index in [2.05, 4.69) is 18.2 Å². The first kappa shape index (κ1) is 19.8. The summed E-state index contributed by atoms with van der Waals surface area (Å²) in [5, 5.41) is 0.588.